The Labute approximate surface area is 174 Å². The van der Waals surface area contributed by atoms with Gasteiger partial charge in [0, 0.05) is 24.2 Å². The van der Waals surface area contributed by atoms with Gasteiger partial charge >= 0.3 is 0 Å². The lowest BCUT2D eigenvalue weighted by molar-refractivity contribution is 0.0998. The molecule has 1 amide bonds. The highest BCUT2D eigenvalue weighted by molar-refractivity contribution is 6.06. The number of nitrogens with one attached hydrogen (secondary N) is 1. The zero-order valence-electron chi connectivity index (χ0n) is 17.2. The minimum Gasteiger partial charge on any atom is -0.488 e. The minimum absolute atomic E-state index is 0.00876. The third kappa shape index (κ3) is 6.73. The van der Waals surface area contributed by atoms with Crippen molar-refractivity contribution in [3.63, 3.8) is 0 Å². The molecule has 3 N–H and O–H groups in total. The minimum atomic E-state index is -0.714. The third-order valence-corrected chi connectivity index (χ3v) is 3.52. The van der Waals surface area contributed by atoms with Crippen LogP contribution in [0.5, 0.6) is 17.2 Å². The maximum atomic E-state index is 14.2. The molecule has 0 bridgehead atoms. The molecule has 0 saturated heterocycles. The fourth-order valence-corrected chi connectivity index (χ4v) is 2.35. The van der Waals surface area contributed by atoms with Gasteiger partial charge in [-0.15, -0.1) is 0 Å². The molecular weight excluding hydrogens is 389 g/mol. The van der Waals surface area contributed by atoms with Gasteiger partial charge in [-0.1, -0.05) is 0 Å². The van der Waals surface area contributed by atoms with E-state index in [1.54, 1.807) is 7.05 Å². The van der Waals surface area contributed by atoms with Crippen LogP contribution in [0.3, 0.4) is 0 Å². The van der Waals surface area contributed by atoms with E-state index in [9.17, 15) is 14.0 Å². The zero-order valence-corrected chi connectivity index (χ0v) is 17.2. The highest BCUT2D eigenvalue weighted by atomic mass is 19.1. The van der Waals surface area contributed by atoms with E-state index in [1.165, 1.54) is 42.6 Å². The summed E-state index contributed by atoms with van der Waals surface area (Å²) in [7, 11) is 1.68. The van der Waals surface area contributed by atoms with Crippen molar-refractivity contribution in [1.29, 1.82) is 0 Å². The molecule has 2 aromatic carbocycles. The standard InChI is InChI=1S/C22H24FN3O4/c1-22(2,3)30-17-11-15(21(28)26-20(24)7-8-25-4)10-16(12-17)29-19-6-5-14(13-27)9-18(19)23/h5-13,25H,1-4H3,(H2,24,26,28)/b8-7-. The Hall–Kier alpha value is -3.68. The van der Waals surface area contributed by atoms with Crippen molar-refractivity contribution in [3.05, 3.63) is 65.6 Å². The van der Waals surface area contributed by atoms with E-state index in [0.717, 1.165) is 6.07 Å². The number of amidine groups is 1. The van der Waals surface area contributed by atoms with E-state index >= 15 is 0 Å². The molecule has 0 unspecified atom stereocenters. The topological polar surface area (TPSA) is 103 Å². The summed E-state index contributed by atoms with van der Waals surface area (Å²) in [6.07, 6.45) is 3.51. The Morgan fingerprint density at radius 1 is 1.17 bits per heavy atom. The van der Waals surface area contributed by atoms with Gasteiger partial charge in [-0.05, 0) is 63.4 Å². The predicted octanol–water partition coefficient (Wildman–Crippen LogP) is 3.84. The van der Waals surface area contributed by atoms with Crippen LogP contribution in [0, 0.1) is 5.82 Å². The SMILES string of the molecule is CN/C=C\C(N)=NC(=O)c1cc(Oc2ccc(C=O)cc2F)cc(OC(C)(C)C)c1. The van der Waals surface area contributed by atoms with Crippen LogP contribution in [0.15, 0.2) is 53.7 Å². The molecule has 0 aliphatic rings. The third-order valence-electron chi connectivity index (χ3n) is 3.52. The number of nitrogens with two attached hydrogens (primary N) is 1. The molecule has 0 aliphatic heterocycles. The zero-order chi connectivity index (χ0) is 22.3. The first kappa shape index (κ1) is 22.6. The highest BCUT2D eigenvalue weighted by Crippen LogP contribution is 2.31. The average Bonchev–Trinajstić information content (AvgIpc) is 2.66. The summed E-state index contributed by atoms with van der Waals surface area (Å²) in [5.74, 6) is -0.921. The van der Waals surface area contributed by atoms with E-state index in [1.807, 2.05) is 20.8 Å². The molecule has 0 aromatic heterocycles. The van der Waals surface area contributed by atoms with Gasteiger partial charge in [0.05, 0.1) is 0 Å². The number of carbonyl (C=O) groups is 2. The van der Waals surface area contributed by atoms with Gasteiger partial charge in [-0.2, -0.15) is 4.99 Å². The van der Waals surface area contributed by atoms with Crippen molar-refractivity contribution in [1.82, 2.24) is 5.32 Å². The van der Waals surface area contributed by atoms with Crippen LogP contribution in [-0.4, -0.2) is 30.7 Å². The summed E-state index contributed by atoms with van der Waals surface area (Å²) < 4.78 is 25.6. The quantitative estimate of drug-likeness (QED) is 0.406. The van der Waals surface area contributed by atoms with Gasteiger partial charge < -0.3 is 20.5 Å². The van der Waals surface area contributed by atoms with E-state index in [2.05, 4.69) is 10.3 Å². The van der Waals surface area contributed by atoms with Crippen LogP contribution >= 0.6 is 0 Å². The molecule has 0 radical (unpaired) electrons. The summed E-state index contributed by atoms with van der Waals surface area (Å²) in [5, 5.41) is 2.75. The fraction of sp³-hybridized carbons (Fsp3) is 0.227. The normalized spacial score (nSPS) is 12.0. The smallest absolute Gasteiger partial charge is 0.279 e. The van der Waals surface area contributed by atoms with Gasteiger partial charge in [0.2, 0.25) is 0 Å². The molecule has 0 aliphatic carbocycles. The molecule has 0 spiro atoms. The number of nitrogens with zero attached hydrogens (tertiary/aromatic N) is 1. The fourth-order valence-electron chi connectivity index (χ4n) is 2.35. The molecule has 0 heterocycles. The van der Waals surface area contributed by atoms with E-state index in [0.29, 0.717) is 12.0 Å². The summed E-state index contributed by atoms with van der Waals surface area (Å²) in [4.78, 5) is 27.1. The van der Waals surface area contributed by atoms with Crippen LogP contribution in [0.1, 0.15) is 41.5 Å². The summed E-state index contributed by atoms with van der Waals surface area (Å²) >= 11 is 0. The number of ether oxygens (including phenoxy) is 2. The predicted molar refractivity (Wildman–Crippen MR) is 113 cm³/mol. The Bertz CT molecular complexity index is 994. The van der Waals surface area contributed by atoms with Gasteiger partial charge in [0.25, 0.3) is 5.91 Å². The Morgan fingerprint density at radius 2 is 1.87 bits per heavy atom. The first-order valence-electron chi connectivity index (χ1n) is 9.10. The van der Waals surface area contributed by atoms with Crippen molar-refractivity contribution >= 4 is 18.0 Å². The second-order valence-corrected chi connectivity index (χ2v) is 7.28. The largest absolute Gasteiger partial charge is 0.488 e. The number of hydrogen-bond acceptors (Lipinski definition) is 5. The Kier molecular flexibility index (Phi) is 7.30. The number of rotatable bonds is 7. The van der Waals surface area contributed by atoms with Crippen LogP contribution < -0.4 is 20.5 Å². The lowest BCUT2D eigenvalue weighted by Gasteiger charge is -2.22. The van der Waals surface area contributed by atoms with Gasteiger partial charge in [-0.3, -0.25) is 9.59 Å². The molecule has 0 fully saturated rings. The Balaban J connectivity index is 2.43. The number of hydrogen-bond donors (Lipinski definition) is 2. The number of amides is 1. The van der Waals surface area contributed by atoms with E-state index < -0.39 is 17.3 Å². The second-order valence-electron chi connectivity index (χ2n) is 7.28. The first-order chi connectivity index (χ1) is 14.1. The summed E-state index contributed by atoms with van der Waals surface area (Å²) in [6.45, 7) is 5.54. The van der Waals surface area contributed by atoms with Crippen LogP contribution in [0.2, 0.25) is 0 Å². The molecule has 7 nitrogen and oxygen atoms in total. The van der Waals surface area contributed by atoms with Crippen LogP contribution in [-0.2, 0) is 0 Å². The monoisotopic (exact) mass is 413 g/mol. The molecule has 158 valence electrons. The van der Waals surface area contributed by atoms with Crippen molar-refractivity contribution in [3.8, 4) is 17.2 Å². The second kappa shape index (κ2) is 9.69. The van der Waals surface area contributed by atoms with Gasteiger partial charge in [0.15, 0.2) is 11.6 Å². The lowest BCUT2D eigenvalue weighted by atomic mass is 10.1. The number of aldehydes is 1. The van der Waals surface area contributed by atoms with Crippen molar-refractivity contribution in [2.75, 3.05) is 7.05 Å². The van der Waals surface area contributed by atoms with Crippen molar-refractivity contribution < 1.29 is 23.5 Å². The van der Waals surface area contributed by atoms with Crippen LogP contribution in [0.25, 0.3) is 0 Å². The molecule has 8 heteroatoms. The number of halogens is 1. The van der Waals surface area contributed by atoms with Gasteiger partial charge in [-0.25, -0.2) is 4.39 Å². The number of carbonyl (C=O) groups excluding carboxylic acids is 2. The van der Waals surface area contributed by atoms with Crippen molar-refractivity contribution in [2.45, 2.75) is 26.4 Å². The summed E-state index contributed by atoms with van der Waals surface area (Å²) in [6, 6.07) is 8.25. The average molecular weight is 413 g/mol. The van der Waals surface area contributed by atoms with Crippen molar-refractivity contribution in [2.24, 2.45) is 10.7 Å². The van der Waals surface area contributed by atoms with Crippen LogP contribution in [0.4, 0.5) is 4.39 Å². The molecule has 2 rings (SSSR count). The molecule has 0 saturated carbocycles. The molecule has 0 atom stereocenters. The van der Waals surface area contributed by atoms with E-state index in [-0.39, 0.29) is 28.5 Å². The number of benzene rings is 2. The Morgan fingerprint density at radius 3 is 2.47 bits per heavy atom. The highest BCUT2D eigenvalue weighted by Gasteiger charge is 2.17. The molecule has 30 heavy (non-hydrogen) atoms. The first-order valence-corrected chi connectivity index (χ1v) is 9.10. The maximum absolute atomic E-state index is 14.2. The molecule has 2 aromatic rings. The molecular formula is C22H24FN3O4. The van der Waals surface area contributed by atoms with E-state index in [4.69, 9.17) is 15.2 Å². The lowest BCUT2D eigenvalue weighted by Crippen LogP contribution is -2.23. The number of aliphatic imine (C=N–C) groups is 1. The summed E-state index contributed by atoms with van der Waals surface area (Å²) in [5.41, 5.74) is 5.49. The van der Waals surface area contributed by atoms with Gasteiger partial charge in [0.1, 0.15) is 29.2 Å². The maximum Gasteiger partial charge on any atom is 0.279 e.